The molecule has 3 nitrogen and oxygen atoms in total. The first-order valence-electron chi connectivity index (χ1n) is 6.48. The van der Waals surface area contributed by atoms with Gasteiger partial charge in [-0.25, -0.2) is 4.79 Å². The molecule has 0 aromatic heterocycles. The average molecular weight is 257 g/mol. The van der Waals surface area contributed by atoms with Crippen LogP contribution in [-0.4, -0.2) is 24.2 Å². The predicted octanol–water partition coefficient (Wildman–Crippen LogP) is 3.25. The maximum Gasteiger partial charge on any atom is 0.328 e. The van der Waals surface area contributed by atoms with Crippen molar-refractivity contribution in [3.8, 4) is 0 Å². The summed E-state index contributed by atoms with van der Waals surface area (Å²) in [5, 5.41) is 8.77. The van der Waals surface area contributed by atoms with Crippen LogP contribution in [0.25, 0.3) is 6.08 Å². The zero-order valence-electron chi connectivity index (χ0n) is 11.4. The molecule has 2 rings (SSSR count). The quantitative estimate of drug-likeness (QED) is 0.667. The van der Waals surface area contributed by atoms with Gasteiger partial charge in [-0.15, -0.1) is 0 Å². The summed E-state index contributed by atoms with van der Waals surface area (Å²) in [6.45, 7) is 6.04. The second kappa shape index (κ2) is 5.74. The lowest BCUT2D eigenvalue weighted by Crippen LogP contribution is -2.28. The van der Waals surface area contributed by atoms with E-state index in [9.17, 15) is 4.79 Å². The van der Waals surface area contributed by atoms with Gasteiger partial charge in [0, 0.05) is 24.9 Å². The van der Waals surface area contributed by atoms with Gasteiger partial charge in [-0.3, -0.25) is 0 Å². The molecule has 0 saturated carbocycles. The Bertz CT molecular complexity index is 544. The maximum atomic E-state index is 10.7. The van der Waals surface area contributed by atoms with Gasteiger partial charge >= 0.3 is 5.97 Å². The Morgan fingerprint density at radius 2 is 2.16 bits per heavy atom. The van der Waals surface area contributed by atoms with Crippen LogP contribution in [-0.2, 0) is 4.79 Å². The smallest absolute Gasteiger partial charge is 0.328 e. The summed E-state index contributed by atoms with van der Waals surface area (Å²) >= 11 is 0. The van der Waals surface area contributed by atoms with E-state index in [0.717, 1.165) is 36.3 Å². The van der Waals surface area contributed by atoms with Crippen LogP contribution in [0, 0.1) is 6.92 Å². The number of aliphatic carboxylic acids is 1. The Morgan fingerprint density at radius 3 is 2.79 bits per heavy atom. The van der Waals surface area contributed by atoms with Crippen molar-refractivity contribution in [2.24, 2.45) is 0 Å². The second-order valence-corrected chi connectivity index (χ2v) is 4.98. The van der Waals surface area contributed by atoms with Crippen molar-refractivity contribution in [2.45, 2.75) is 20.3 Å². The molecule has 1 heterocycles. The summed E-state index contributed by atoms with van der Waals surface area (Å²) in [7, 11) is 0. The summed E-state index contributed by atoms with van der Waals surface area (Å²) in [5.74, 6) is -0.915. The van der Waals surface area contributed by atoms with E-state index >= 15 is 0 Å². The molecule has 1 aliphatic heterocycles. The first-order chi connectivity index (χ1) is 9.06. The molecule has 0 radical (unpaired) electrons. The van der Waals surface area contributed by atoms with E-state index in [2.05, 4.69) is 30.0 Å². The third-order valence-electron chi connectivity index (χ3n) is 3.37. The number of carbonyl (C=O) groups is 1. The number of anilines is 1. The van der Waals surface area contributed by atoms with Gasteiger partial charge in [-0.2, -0.15) is 0 Å². The Morgan fingerprint density at radius 1 is 1.37 bits per heavy atom. The standard InChI is InChI=1S/C16H19NO2/c1-12-7-9-17(10-8-12)15-5-3-13(2)11-14(15)4-6-16(18)19/h3-7,11H,8-10H2,1-2H3,(H,18,19)/b6-4+. The van der Waals surface area contributed by atoms with E-state index in [1.54, 1.807) is 6.08 Å². The number of hydrogen-bond acceptors (Lipinski definition) is 2. The molecule has 1 aromatic carbocycles. The fourth-order valence-corrected chi connectivity index (χ4v) is 2.25. The second-order valence-electron chi connectivity index (χ2n) is 4.98. The lowest BCUT2D eigenvalue weighted by atomic mass is 10.0. The Hall–Kier alpha value is -2.03. The molecular formula is C16H19NO2. The Labute approximate surface area is 113 Å². The molecule has 0 fully saturated rings. The molecule has 19 heavy (non-hydrogen) atoms. The van der Waals surface area contributed by atoms with E-state index < -0.39 is 5.97 Å². The third kappa shape index (κ3) is 3.47. The normalized spacial score (nSPS) is 15.7. The van der Waals surface area contributed by atoms with Crippen LogP contribution < -0.4 is 4.90 Å². The molecule has 0 saturated heterocycles. The molecule has 0 amide bonds. The zero-order chi connectivity index (χ0) is 13.8. The summed E-state index contributed by atoms with van der Waals surface area (Å²) in [6, 6.07) is 6.17. The summed E-state index contributed by atoms with van der Waals surface area (Å²) in [5.41, 5.74) is 4.63. The molecule has 3 heteroatoms. The number of rotatable bonds is 3. The molecule has 0 spiro atoms. The van der Waals surface area contributed by atoms with Gasteiger partial charge in [0.25, 0.3) is 0 Å². The number of nitrogens with zero attached hydrogens (tertiary/aromatic N) is 1. The average Bonchev–Trinajstić information content (AvgIpc) is 2.38. The van der Waals surface area contributed by atoms with Crippen LogP contribution in [0.1, 0.15) is 24.5 Å². The van der Waals surface area contributed by atoms with Crippen molar-refractivity contribution in [3.05, 3.63) is 47.1 Å². The maximum absolute atomic E-state index is 10.7. The number of aryl methyl sites for hydroxylation is 1. The van der Waals surface area contributed by atoms with E-state index in [0.29, 0.717) is 0 Å². The fraction of sp³-hybridized carbons (Fsp3) is 0.312. The molecular weight excluding hydrogens is 238 g/mol. The van der Waals surface area contributed by atoms with Gasteiger partial charge < -0.3 is 10.0 Å². The molecule has 0 aliphatic carbocycles. The Balaban J connectivity index is 2.31. The molecule has 0 unspecified atom stereocenters. The van der Waals surface area contributed by atoms with Gasteiger partial charge in [0.1, 0.15) is 0 Å². The summed E-state index contributed by atoms with van der Waals surface area (Å²) < 4.78 is 0. The summed E-state index contributed by atoms with van der Waals surface area (Å²) in [4.78, 5) is 13.0. The van der Waals surface area contributed by atoms with Gasteiger partial charge in [0.2, 0.25) is 0 Å². The molecule has 0 atom stereocenters. The minimum absolute atomic E-state index is 0.892. The number of carboxylic acid groups (broad SMARTS) is 1. The van der Waals surface area contributed by atoms with Crippen LogP contribution in [0.2, 0.25) is 0 Å². The highest BCUT2D eigenvalue weighted by molar-refractivity contribution is 5.87. The molecule has 100 valence electrons. The first kappa shape index (κ1) is 13.4. The van der Waals surface area contributed by atoms with Crippen molar-refractivity contribution in [1.82, 2.24) is 0 Å². The predicted molar refractivity (Wildman–Crippen MR) is 78.4 cm³/mol. The van der Waals surface area contributed by atoms with Crippen LogP contribution >= 0.6 is 0 Å². The van der Waals surface area contributed by atoms with Crippen LogP contribution in [0.3, 0.4) is 0 Å². The highest BCUT2D eigenvalue weighted by atomic mass is 16.4. The molecule has 1 N–H and O–H groups in total. The number of benzene rings is 1. The van der Waals surface area contributed by atoms with Crippen LogP contribution in [0.5, 0.6) is 0 Å². The molecule has 0 bridgehead atoms. The first-order valence-corrected chi connectivity index (χ1v) is 6.48. The van der Waals surface area contributed by atoms with Gasteiger partial charge in [-0.1, -0.05) is 23.3 Å². The van der Waals surface area contributed by atoms with E-state index in [1.807, 2.05) is 13.0 Å². The van der Waals surface area contributed by atoms with Crippen molar-refractivity contribution in [2.75, 3.05) is 18.0 Å². The van der Waals surface area contributed by atoms with Gasteiger partial charge in [0.05, 0.1) is 0 Å². The lowest BCUT2D eigenvalue weighted by molar-refractivity contribution is -0.131. The Kier molecular flexibility index (Phi) is 4.05. The lowest BCUT2D eigenvalue weighted by Gasteiger charge is -2.29. The summed E-state index contributed by atoms with van der Waals surface area (Å²) in [6.07, 6.45) is 6.17. The van der Waals surface area contributed by atoms with Crippen molar-refractivity contribution in [3.63, 3.8) is 0 Å². The minimum Gasteiger partial charge on any atom is -0.478 e. The third-order valence-corrected chi connectivity index (χ3v) is 3.37. The van der Waals surface area contributed by atoms with Gasteiger partial charge in [0.15, 0.2) is 0 Å². The zero-order valence-corrected chi connectivity index (χ0v) is 11.4. The topological polar surface area (TPSA) is 40.5 Å². The highest BCUT2D eigenvalue weighted by Gasteiger charge is 2.12. The number of carboxylic acids is 1. The van der Waals surface area contributed by atoms with Gasteiger partial charge in [-0.05, 0) is 44.0 Å². The monoisotopic (exact) mass is 257 g/mol. The van der Waals surface area contributed by atoms with Crippen LogP contribution in [0.15, 0.2) is 35.9 Å². The molecule has 1 aromatic rings. The highest BCUT2D eigenvalue weighted by Crippen LogP contribution is 2.26. The van der Waals surface area contributed by atoms with E-state index in [-0.39, 0.29) is 0 Å². The van der Waals surface area contributed by atoms with Crippen molar-refractivity contribution in [1.29, 1.82) is 0 Å². The SMILES string of the molecule is CC1=CCN(c2ccc(C)cc2/C=C/C(=O)O)CC1. The van der Waals surface area contributed by atoms with E-state index in [1.165, 1.54) is 11.6 Å². The largest absolute Gasteiger partial charge is 0.478 e. The minimum atomic E-state index is -0.915. The van der Waals surface area contributed by atoms with Crippen molar-refractivity contribution >= 4 is 17.7 Å². The van der Waals surface area contributed by atoms with Crippen molar-refractivity contribution < 1.29 is 9.90 Å². The number of hydrogen-bond donors (Lipinski definition) is 1. The fourth-order valence-electron chi connectivity index (χ4n) is 2.25. The molecule has 1 aliphatic rings. The van der Waals surface area contributed by atoms with E-state index in [4.69, 9.17) is 5.11 Å². The van der Waals surface area contributed by atoms with Crippen LogP contribution in [0.4, 0.5) is 5.69 Å².